The molecule has 0 rings (SSSR count). The van der Waals surface area contributed by atoms with Crippen LogP contribution >= 0.6 is 0 Å². The van der Waals surface area contributed by atoms with Gasteiger partial charge >= 0.3 is 11.9 Å². The zero-order valence-electron chi connectivity index (χ0n) is 27.2. The van der Waals surface area contributed by atoms with Crippen molar-refractivity contribution in [1.82, 2.24) is 26.6 Å². The van der Waals surface area contributed by atoms with Crippen LogP contribution in [0.1, 0.15) is 86.5 Å². The van der Waals surface area contributed by atoms with Crippen molar-refractivity contribution in [1.29, 1.82) is 0 Å². The minimum Gasteiger partial charge on any atom is -0.481 e. The normalized spacial score (nSPS) is 15.8. The molecule has 0 aromatic carbocycles. The van der Waals surface area contributed by atoms with E-state index >= 15 is 0 Å². The van der Waals surface area contributed by atoms with Crippen LogP contribution in [0.5, 0.6) is 0 Å². The van der Waals surface area contributed by atoms with Crippen molar-refractivity contribution in [2.45, 2.75) is 123 Å². The molecule has 0 aromatic rings. The van der Waals surface area contributed by atoms with Crippen LogP contribution in [0, 0.1) is 11.8 Å². The average molecular weight is 644 g/mol. The van der Waals surface area contributed by atoms with E-state index in [-0.39, 0.29) is 24.7 Å². The molecule has 0 aliphatic heterocycles. The molecule has 0 heterocycles. The first-order valence-electron chi connectivity index (χ1n) is 15.4. The summed E-state index contributed by atoms with van der Waals surface area (Å²) in [6.45, 7) is 10.4. The second-order valence-electron chi connectivity index (χ2n) is 11.7. The number of aliphatic carboxylic acids is 2. The first-order valence-corrected chi connectivity index (χ1v) is 15.4. The monoisotopic (exact) mass is 643 g/mol. The lowest BCUT2D eigenvalue weighted by molar-refractivity contribution is -0.142. The minimum atomic E-state index is -1.40. The summed E-state index contributed by atoms with van der Waals surface area (Å²) in [5, 5.41) is 30.8. The maximum Gasteiger partial charge on any atom is 0.326 e. The highest BCUT2D eigenvalue weighted by atomic mass is 16.4. The fraction of sp³-hybridized carbons (Fsp3) is 0.759. The maximum atomic E-state index is 13.1. The molecule has 0 spiro atoms. The Morgan fingerprint density at radius 2 is 1.20 bits per heavy atom. The molecule has 0 fully saturated rings. The van der Waals surface area contributed by atoms with E-state index in [1.54, 1.807) is 6.92 Å². The number of hydrogen-bond donors (Lipinski definition) is 9. The number of nitrogens with two attached hydrogens (primary N) is 2. The Labute approximate surface area is 264 Å². The van der Waals surface area contributed by atoms with Crippen molar-refractivity contribution in [2.75, 3.05) is 6.54 Å². The molecule has 7 unspecified atom stereocenters. The summed E-state index contributed by atoms with van der Waals surface area (Å²) < 4.78 is 0. The highest BCUT2D eigenvalue weighted by Gasteiger charge is 2.32. The van der Waals surface area contributed by atoms with Crippen molar-refractivity contribution in [3.63, 3.8) is 0 Å². The molecule has 258 valence electrons. The quantitative estimate of drug-likeness (QED) is 0.0642. The Bertz CT molecular complexity index is 1020. The Balaban J connectivity index is 5.52. The molecule has 0 saturated carbocycles. The van der Waals surface area contributed by atoms with Gasteiger partial charge in [0.2, 0.25) is 29.5 Å². The number of hydrogen-bond acceptors (Lipinski definition) is 9. The van der Waals surface area contributed by atoms with Gasteiger partial charge in [-0.05, 0) is 64.3 Å². The lowest BCUT2D eigenvalue weighted by atomic mass is 9.96. The molecule has 0 saturated heterocycles. The standard InChI is InChI=1S/C29H53N7O9/c1-7-16(4)23(36-26(41)19(31)14-15(2)3)28(43)33-18(6)24(39)34-20(11-12-22(37)38)27(42)32-17(5)25(40)35-21(29(44)45)10-8-9-13-30/h15-21,23H,7-14,30-31H2,1-6H3,(H,32,42)(H,33,43)(H,34,39)(H,35,40)(H,36,41)(H,37,38)(H,44,45). The van der Waals surface area contributed by atoms with Crippen molar-refractivity contribution < 1.29 is 43.8 Å². The van der Waals surface area contributed by atoms with E-state index < -0.39 is 84.1 Å². The van der Waals surface area contributed by atoms with Gasteiger partial charge in [-0.2, -0.15) is 0 Å². The van der Waals surface area contributed by atoms with Gasteiger partial charge in [0.05, 0.1) is 6.04 Å². The number of carbonyl (C=O) groups is 7. The number of amides is 5. The van der Waals surface area contributed by atoms with Gasteiger partial charge in [-0.1, -0.05) is 34.1 Å². The van der Waals surface area contributed by atoms with Crippen molar-refractivity contribution in [2.24, 2.45) is 23.3 Å². The number of rotatable bonds is 22. The molecule has 0 radical (unpaired) electrons. The van der Waals surface area contributed by atoms with Crippen LogP contribution in [0.4, 0.5) is 0 Å². The average Bonchev–Trinajstić information content (AvgIpc) is 2.95. The van der Waals surface area contributed by atoms with Crippen LogP contribution in [-0.2, 0) is 33.6 Å². The van der Waals surface area contributed by atoms with Gasteiger partial charge in [0.25, 0.3) is 0 Å². The molecule has 0 bridgehead atoms. The number of carbonyl (C=O) groups excluding carboxylic acids is 5. The van der Waals surface area contributed by atoms with Crippen LogP contribution in [0.3, 0.4) is 0 Å². The molecular formula is C29H53N7O9. The molecule has 0 aromatic heterocycles. The Kier molecular flexibility index (Phi) is 19.3. The molecule has 0 aliphatic rings. The SMILES string of the molecule is CCC(C)C(NC(=O)C(N)CC(C)C)C(=O)NC(C)C(=O)NC(CCC(=O)O)C(=O)NC(C)C(=O)NC(CCCCN)C(=O)O. The third kappa shape index (κ3) is 16.2. The van der Waals surface area contributed by atoms with Crippen LogP contribution in [0.15, 0.2) is 0 Å². The van der Waals surface area contributed by atoms with Crippen molar-refractivity contribution >= 4 is 41.5 Å². The summed E-state index contributed by atoms with van der Waals surface area (Å²) in [5.74, 6) is -6.29. The van der Waals surface area contributed by atoms with E-state index in [0.29, 0.717) is 32.2 Å². The molecule has 0 aliphatic carbocycles. The number of nitrogens with one attached hydrogen (secondary N) is 5. The molecule has 16 nitrogen and oxygen atoms in total. The van der Waals surface area contributed by atoms with Crippen molar-refractivity contribution in [3.8, 4) is 0 Å². The number of unbranched alkanes of at least 4 members (excludes halogenated alkanes) is 1. The predicted octanol–water partition coefficient (Wildman–Crippen LogP) is -1.05. The molecular weight excluding hydrogens is 590 g/mol. The van der Waals surface area contributed by atoms with Gasteiger partial charge in [-0.3, -0.25) is 28.8 Å². The summed E-state index contributed by atoms with van der Waals surface area (Å²) >= 11 is 0. The summed E-state index contributed by atoms with van der Waals surface area (Å²) in [7, 11) is 0. The topological polar surface area (TPSA) is 272 Å². The Hall–Kier alpha value is -3.79. The number of carboxylic acids is 2. The molecule has 5 amide bonds. The van der Waals surface area contributed by atoms with E-state index in [4.69, 9.17) is 16.6 Å². The highest BCUT2D eigenvalue weighted by Crippen LogP contribution is 2.11. The Morgan fingerprint density at radius 3 is 1.67 bits per heavy atom. The predicted molar refractivity (Wildman–Crippen MR) is 165 cm³/mol. The first-order chi connectivity index (χ1) is 20.9. The summed E-state index contributed by atoms with van der Waals surface area (Å²) in [5.41, 5.74) is 11.4. The van der Waals surface area contributed by atoms with E-state index in [1.165, 1.54) is 13.8 Å². The van der Waals surface area contributed by atoms with Crippen LogP contribution in [0.25, 0.3) is 0 Å². The second kappa shape index (κ2) is 21.0. The molecule has 16 heteroatoms. The Morgan fingerprint density at radius 1 is 0.667 bits per heavy atom. The zero-order valence-corrected chi connectivity index (χ0v) is 27.2. The third-order valence-electron chi connectivity index (χ3n) is 7.20. The van der Waals surface area contributed by atoms with E-state index in [9.17, 15) is 38.7 Å². The lowest BCUT2D eigenvalue weighted by Gasteiger charge is -2.27. The molecule has 45 heavy (non-hydrogen) atoms. The smallest absolute Gasteiger partial charge is 0.326 e. The third-order valence-corrected chi connectivity index (χ3v) is 7.20. The van der Waals surface area contributed by atoms with Crippen LogP contribution < -0.4 is 38.1 Å². The lowest BCUT2D eigenvalue weighted by Crippen LogP contribution is -2.59. The highest BCUT2D eigenvalue weighted by molar-refractivity contribution is 5.96. The number of carboxylic acid groups (broad SMARTS) is 2. The molecule has 7 atom stereocenters. The molecule has 11 N–H and O–H groups in total. The maximum absolute atomic E-state index is 13.1. The van der Waals surface area contributed by atoms with Gasteiger partial charge in [-0.15, -0.1) is 0 Å². The van der Waals surface area contributed by atoms with Gasteiger partial charge in [-0.25, -0.2) is 4.79 Å². The van der Waals surface area contributed by atoms with E-state index in [1.807, 2.05) is 20.8 Å². The van der Waals surface area contributed by atoms with Crippen LogP contribution in [-0.4, -0.2) is 94.5 Å². The zero-order chi connectivity index (χ0) is 34.9. The fourth-order valence-electron chi connectivity index (χ4n) is 4.21. The largest absolute Gasteiger partial charge is 0.481 e. The van der Waals surface area contributed by atoms with Crippen LogP contribution in [0.2, 0.25) is 0 Å². The van der Waals surface area contributed by atoms with Gasteiger partial charge in [0, 0.05) is 6.42 Å². The second-order valence-corrected chi connectivity index (χ2v) is 11.7. The summed E-state index contributed by atoms with van der Waals surface area (Å²) in [6, 6.07) is -6.85. The first kappa shape index (κ1) is 41.2. The minimum absolute atomic E-state index is 0.131. The van der Waals surface area contributed by atoms with E-state index in [0.717, 1.165) is 0 Å². The van der Waals surface area contributed by atoms with Gasteiger partial charge in [0.15, 0.2) is 0 Å². The van der Waals surface area contributed by atoms with E-state index in [2.05, 4.69) is 26.6 Å². The van der Waals surface area contributed by atoms with Gasteiger partial charge < -0.3 is 48.3 Å². The summed E-state index contributed by atoms with van der Waals surface area (Å²) in [6.07, 6.45) is 1.26. The summed E-state index contributed by atoms with van der Waals surface area (Å²) in [4.78, 5) is 87.1. The van der Waals surface area contributed by atoms with Gasteiger partial charge in [0.1, 0.15) is 30.2 Å². The fourth-order valence-corrected chi connectivity index (χ4v) is 4.21. The van der Waals surface area contributed by atoms with Crippen molar-refractivity contribution in [3.05, 3.63) is 0 Å².